The fourth-order valence-corrected chi connectivity index (χ4v) is 6.08. The number of ether oxygens (including phenoxy) is 3. The Morgan fingerprint density at radius 3 is 2.69 bits per heavy atom. The van der Waals surface area contributed by atoms with Crippen LogP contribution in [0.5, 0.6) is 11.5 Å². The number of esters is 1. The number of hydrogen-bond donors (Lipinski definition) is 1. The average Bonchev–Trinajstić information content (AvgIpc) is 3.42. The van der Waals surface area contributed by atoms with Crippen molar-refractivity contribution < 1.29 is 33.8 Å². The second-order valence-electron chi connectivity index (χ2n) is 10.5. The van der Waals surface area contributed by atoms with Crippen LogP contribution >= 0.6 is 0 Å². The number of nitro groups is 1. The van der Waals surface area contributed by atoms with E-state index >= 15 is 0 Å². The molecule has 1 aromatic heterocycles. The number of carbonyl (C=O) groups is 2. The SMILES string of the molecule is COC(=O)C1=C(C)NC(C)C(CCn2ccnc2CC2COc3ccccc3O2)(C(=O)[O-])C1c1cccc([N+](=O)[O-])c1. The lowest BCUT2D eigenvalue weighted by atomic mass is 9.60. The van der Waals surface area contributed by atoms with Crippen molar-refractivity contribution in [1.29, 1.82) is 0 Å². The Hall–Kier alpha value is -4.87. The third-order valence-corrected chi connectivity index (χ3v) is 8.16. The first-order valence-corrected chi connectivity index (χ1v) is 13.6. The first-order chi connectivity index (χ1) is 20.1. The second-order valence-corrected chi connectivity index (χ2v) is 10.5. The fourth-order valence-electron chi connectivity index (χ4n) is 6.08. The number of methoxy groups -OCH3 is 1. The number of imidazole rings is 1. The van der Waals surface area contributed by atoms with E-state index in [-0.39, 0.29) is 30.3 Å². The summed E-state index contributed by atoms with van der Waals surface area (Å²) in [6.07, 6.45) is 3.50. The molecule has 0 amide bonds. The molecule has 12 heteroatoms. The van der Waals surface area contributed by atoms with Crippen LogP contribution in [-0.4, -0.2) is 52.3 Å². The minimum atomic E-state index is -1.69. The highest BCUT2D eigenvalue weighted by Crippen LogP contribution is 2.51. The van der Waals surface area contributed by atoms with E-state index in [2.05, 4.69) is 10.3 Å². The number of nitrogens with one attached hydrogen (secondary N) is 1. The smallest absolute Gasteiger partial charge is 0.336 e. The number of allylic oxidation sites excluding steroid dienone is 1. The topological polar surface area (TPSA) is 158 Å². The van der Waals surface area contributed by atoms with Gasteiger partial charge in [-0.15, -0.1) is 0 Å². The number of carboxylic acids is 1. The van der Waals surface area contributed by atoms with E-state index in [1.165, 1.54) is 25.3 Å². The maximum absolute atomic E-state index is 13.2. The number of aromatic nitrogens is 2. The van der Waals surface area contributed by atoms with Gasteiger partial charge in [-0.25, -0.2) is 9.78 Å². The van der Waals surface area contributed by atoms with Gasteiger partial charge in [0.2, 0.25) is 0 Å². The summed E-state index contributed by atoms with van der Waals surface area (Å²) in [4.78, 5) is 41.8. The number of aryl methyl sites for hydroxylation is 1. The zero-order chi connectivity index (χ0) is 30.0. The van der Waals surface area contributed by atoms with Crippen LogP contribution in [0.4, 0.5) is 5.69 Å². The molecule has 0 radical (unpaired) electrons. The van der Waals surface area contributed by atoms with E-state index in [1.807, 2.05) is 28.8 Å². The molecule has 42 heavy (non-hydrogen) atoms. The third-order valence-electron chi connectivity index (χ3n) is 8.16. The highest BCUT2D eigenvalue weighted by atomic mass is 16.6. The van der Waals surface area contributed by atoms with Crippen molar-refractivity contribution in [3.8, 4) is 11.5 Å². The summed E-state index contributed by atoms with van der Waals surface area (Å²) < 4.78 is 18.8. The molecule has 2 aromatic carbocycles. The summed E-state index contributed by atoms with van der Waals surface area (Å²) in [6, 6.07) is 12.4. The van der Waals surface area contributed by atoms with Gasteiger partial charge in [0.05, 0.1) is 23.6 Å². The molecule has 0 spiro atoms. The van der Waals surface area contributed by atoms with E-state index < -0.39 is 34.2 Å². The molecule has 1 N–H and O–H groups in total. The number of non-ortho nitro benzene ring substituents is 1. The second kappa shape index (κ2) is 11.6. The first kappa shape index (κ1) is 28.7. The standard InChI is InChI=1S/C30H32N4O8/c1-18-26(28(35)40-3)27(20-7-6-8-21(15-20)34(38)39)30(29(36)37,19(2)32-18)11-13-33-14-12-31-25(33)16-22-17-41-23-9-4-5-10-24(23)42-22/h4-10,12,14-15,19,22,27,32H,11,13,16-17H2,1-3H3,(H,36,37)/p-1. The number of aliphatic carboxylic acids is 1. The van der Waals surface area contributed by atoms with Crippen molar-refractivity contribution in [3.63, 3.8) is 0 Å². The fraction of sp³-hybridized carbons (Fsp3) is 0.367. The summed E-state index contributed by atoms with van der Waals surface area (Å²) in [5.41, 5.74) is -1.10. The summed E-state index contributed by atoms with van der Waals surface area (Å²) in [7, 11) is 1.21. The van der Waals surface area contributed by atoms with Crippen molar-refractivity contribution in [2.75, 3.05) is 13.7 Å². The normalized spacial score (nSPS) is 23.2. The van der Waals surface area contributed by atoms with Crippen LogP contribution in [0.1, 0.15) is 37.6 Å². The van der Waals surface area contributed by atoms with Crippen LogP contribution < -0.4 is 19.9 Å². The molecular formula is C30H31N4O8-. The van der Waals surface area contributed by atoms with Crippen molar-refractivity contribution in [2.45, 2.75) is 51.3 Å². The number of nitro benzene ring substituents is 1. The van der Waals surface area contributed by atoms with E-state index in [4.69, 9.17) is 14.2 Å². The van der Waals surface area contributed by atoms with E-state index in [9.17, 15) is 24.8 Å². The van der Waals surface area contributed by atoms with Gasteiger partial charge in [-0.1, -0.05) is 24.3 Å². The molecule has 4 unspecified atom stereocenters. The molecule has 3 aromatic rings. The predicted octanol–water partition coefficient (Wildman–Crippen LogP) is 2.52. The quantitative estimate of drug-likeness (QED) is 0.228. The monoisotopic (exact) mass is 575 g/mol. The summed E-state index contributed by atoms with van der Waals surface area (Å²) >= 11 is 0. The molecule has 0 aliphatic carbocycles. The molecule has 220 valence electrons. The van der Waals surface area contributed by atoms with Crippen LogP contribution in [0.25, 0.3) is 0 Å². The third kappa shape index (κ3) is 5.15. The number of para-hydroxylation sites is 2. The van der Waals surface area contributed by atoms with E-state index in [0.717, 1.165) is 0 Å². The Bertz CT molecular complexity index is 1550. The summed E-state index contributed by atoms with van der Waals surface area (Å²) in [6.45, 7) is 3.90. The lowest BCUT2D eigenvalue weighted by Crippen LogP contribution is -2.61. The maximum Gasteiger partial charge on any atom is 0.336 e. The van der Waals surface area contributed by atoms with Gasteiger partial charge in [0, 0.05) is 60.6 Å². The van der Waals surface area contributed by atoms with Gasteiger partial charge in [-0.2, -0.15) is 0 Å². The van der Waals surface area contributed by atoms with Crippen molar-refractivity contribution in [1.82, 2.24) is 14.9 Å². The number of carboxylic acid groups (broad SMARTS) is 1. The number of hydrogen-bond acceptors (Lipinski definition) is 10. The van der Waals surface area contributed by atoms with Crippen LogP contribution in [0.3, 0.4) is 0 Å². The highest BCUT2D eigenvalue weighted by molar-refractivity contribution is 5.94. The number of carbonyl (C=O) groups excluding carboxylic acids is 2. The van der Waals surface area contributed by atoms with Crippen LogP contribution in [0.15, 0.2) is 72.2 Å². The van der Waals surface area contributed by atoms with Crippen molar-refractivity contribution in [3.05, 3.63) is 93.7 Å². The molecule has 0 fully saturated rings. The largest absolute Gasteiger partial charge is 0.549 e. The molecule has 0 bridgehead atoms. The molecule has 3 heterocycles. The minimum Gasteiger partial charge on any atom is -0.549 e. The molecule has 2 aliphatic heterocycles. The van der Waals surface area contributed by atoms with Gasteiger partial charge in [0.25, 0.3) is 5.69 Å². The minimum absolute atomic E-state index is 0.0127. The van der Waals surface area contributed by atoms with Gasteiger partial charge < -0.3 is 34.0 Å². The Morgan fingerprint density at radius 1 is 1.21 bits per heavy atom. The molecule has 2 aliphatic rings. The Labute approximate surface area is 242 Å². The number of nitrogens with zero attached hydrogens (tertiary/aromatic N) is 3. The van der Waals surface area contributed by atoms with Gasteiger partial charge in [0.1, 0.15) is 18.5 Å². The lowest BCUT2D eigenvalue weighted by molar-refractivity contribution is -0.385. The molecule has 12 nitrogen and oxygen atoms in total. The van der Waals surface area contributed by atoms with Crippen LogP contribution in [0, 0.1) is 15.5 Å². The lowest BCUT2D eigenvalue weighted by Gasteiger charge is -2.50. The maximum atomic E-state index is 13.2. The van der Waals surface area contributed by atoms with Crippen LogP contribution in [0.2, 0.25) is 0 Å². The molecule has 0 saturated carbocycles. The van der Waals surface area contributed by atoms with Crippen molar-refractivity contribution in [2.24, 2.45) is 5.41 Å². The van der Waals surface area contributed by atoms with Crippen LogP contribution in [-0.2, 0) is 27.3 Å². The molecule has 5 rings (SSSR count). The average molecular weight is 576 g/mol. The first-order valence-electron chi connectivity index (χ1n) is 13.6. The van der Waals surface area contributed by atoms with Gasteiger partial charge in [-0.05, 0) is 38.0 Å². The zero-order valence-corrected chi connectivity index (χ0v) is 23.4. The predicted molar refractivity (Wildman–Crippen MR) is 147 cm³/mol. The number of rotatable bonds is 9. The van der Waals surface area contributed by atoms with Gasteiger partial charge in [0.15, 0.2) is 11.5 Å². The Morgan fingerprint density at radius 2 is 1.98 bits per heavy atom. The van der Waals surface area contributed by atoms with E-state index in [0.29, 0.717) is 41.6 Å². The molecule has 4 atom stereocenters. The van der Waals surface area contributed by atoms with Gasteiger partial charge >= 0.3 is 5.97 Å². The van der Waals surface area contributed by atoms with E-state index in [1.54, 1.807) is 32.3 Å². The molecule has 0 saturated heterocycles. The Balaban J connectivity index is 1.49. The summed E-state index contributed by atoms with van der Waals surface area (Å²) in [5, 5.41) is 28.0. The number of fused-ring (bicyclic) bond motifs is 1. The number of benzene rings is 2. The zero-order valence-electron chi connectivity index (χ0n) is 23.4. The van der Waals surface area contributed by atoms with Gasteiger partial charge in [-0.3, -0.25) is 10.1 Å². The van der Waals surface area contributed by atoms with Crippen molar-refractivity contribution >= 4 is 17.6 Å². The summed E-state index contributed by atoms with van der Waals surface area (Å²) in [5.74, 6) is -1.24. The highest BCUT2D eigenvalue weighted by Gasteiger charge is 2.52. The Kier molecular flexibility index (Phi) is 7.88. The molecular weight excluding hydrogens is 544 g/mol.